The van der Waals surface area contributed by atoms with E-state index in [1.54, 1.807) is 7.11 Å². The fourth-order valence-corrected chi connectivity index (χ4v) is 3.33. The molecule has 0 saturated carbocycles. The fourth-order valence-electron chi connectivity index (χ4n) is 2.99. The largest absolute Gasteiger partial charge is 0.497 e. The predicted molar refractivity (Wildman–Crippen MR) is 92.2 cm³/mol. The third-order valence-electron chi connectivity index (χ3n) is 4.06. The van der Waals surface area contributed by atoms with Crippen molar-refractivity contribution in [3.8, 4) is 5.75 Å². The van der Waals surface area contributed by atoms with Crippen molar-refractivity contribution in [2.45, 2.75) is 19.5 Å². The number of methoxy groups -OCH3 is 1. The summed E-state index contributed by atoms with van der Waals surface area (Å²) in [6.45, 7) is 4.78. The van der Waals surface area contributed by atoms with E-state index in [1.165, 1.54) is 11.3 Å². The van der Waals surface area contributed by atoms with E-state index in [0.717, 1.165) is 30.5 Å². The van der Waals surface area contributed by atoms with E-state index in [0.29, 0.717) is 0 Å². The summed E-state index contributed by atoms with van der Waals surface area (Å²) in [4.78, 5) is 2.27. The number of ether oxygens (including phenoxy) is 1. The standard InChI is InChI=1S/C17H21N3OS/c1-3-18-17(22)20-12-11-19-10-4-5-15(19)16(20)13-6-8-14(21-2)9-7-13/h4-10,16H,3,11-12H2,1-2H3,(H,18,22). The van der Waals surface area contributed by atoms with Crippen LogP contribution in [0.5, 0.6) is 5.75 Å². The first kappa shape index (κ1) is 14.9. The first-order valence-corrected chi connectivity index (χ1v) is 7.99. The maximum Gasteiger partial charge on any atom is 0.169 e. The van der Waals surface area contributed by atoms with Crippen LogP contribution in [-0.4, -0.2) is 34.8 Å². The molecule has 0 radical (unpaired) electrons. The Kier molecular flexibility index (Phi) is 4.34. The Morgan fingerprint density at radius 2 is 2.05 bits per heavy atom. The molecule has 22 heavy (non-hydrogen) atoms. The second kappa shape index (κ2) is 6.40. The monoisotopic (exact) mass is 315 g/mol. The van der Waals surface area contributed by atoms with Crippen LogP contribution in [0.2, 0.25) is 0 Å². The minimum Gasteiger partial charge on any atom is -0.497 e. The smallest absolute Gasteiger partial charge is 0.169 e. The van der Waals surface area contributed by atoms with Crippen molar-refractivity contribution in [2.24, 2.45) is 0 Å². The Morgan fingerprint density at radius 3 is 2.73 bits per heavy atom. The van der Waals surface area contributed by atoms with Gasteiger partial charge in [-0.25, -0.2) is 0 Å². The Labute approximate surface area is 136 Å². The number of nitrogens with zero attached hydrogens (tertiary/aromatic N) is 2. The number of hydrogen-bond donors (Lipinski definition) is 1. The van der Waals surface area contributed by atoms with Crippen LogP contribution in [0.1, 0.15) is 24.2 Å². The zero-order chi connectivity index (χ0) is 15.5. The van der Waals surface area contributed by atoms with Crippen molar-refractivity contribution in [1.29, 1.82) is 0 Å². The Bertz CT molecular complexity index is 650. The molecule has 0 fully saturated rings. The molecule has 0 bridgehead atoms. The molecule has 1 unspecified atom stereocenters. The van der Waals surface area contributed by atoms with Gasteiger partial charge in [0.05, 0.1) is 13.2 Å². The summed E-state index contributed by atoms with van der Waals surface area (Å²) in [6, 6.07) is 12.7. The molecule has 0 aliphatic carbocycles. The fraction of sp³-hybridized carbons (Fsp3) is 0.353. The molecule has 0 spiro atoms. The lowest BCUT2D eigenvalue weighted by molar-refractivity contribution is 0.286. The Balaban J connectivity index is 1.99. The number of nitrogens with one attached hydrogen (secondary N) is 1. The summed E-state index contributed by atoms with van der Waals surface area (Å²) >= 11 is 5.58. The van der Waals surface area contributed by atoms with Gasteiger partial charge in [-0.05, 0) is 49.0 Å². The van der Waals surface area contributed by atoms with E-state index < -0.39 is 0 Å². The molecular weight excluding hydrogens is 294 g/mol. The molecule has 5 heteroatoms. The van der Waals surface area contributed by atoms with E-state index in [1.807, 2.05) is 12.1 Å². The highest BCUT2D eigenvalue weighted by Crippen LogP contribution is 2.33. The third-order valence-corrected chi connectivity index (χ3v) is 4.44. The summed E-state index contributed by atoms with van der Waals surface area (Å²) < 4.78 is 7.57. The summed E-state index contributed by atoms with van der Waals surface area (Å²) in [5.74, 6) is 0.871. The number of thiocarbonyl (C=S) groups is 1. The van der Waals surface area contributed by atoms with E-state index in [9.17, 15) is 0 Å². The van der Waals surface area contributed by atoms with Gasteiger partial charge in [-0.3, -0.25) is 0 Å². The van der Waals surface area contributed by atoms with Crippen molar-refractivity contribution in [1.82, 2.24) is 14.8 Å². The van der Waals surface area contributed by atoms with Gasteiger partial charge >= 0.3 is 0 Å². The summed E-state index contributed by atoms with van der Waals surface area (Å²) in [7, 11) is 1.69. The van der Waals surface area contributed by atoms with Gasteiger partial charge in [0.2, 0.25) is 0 Å². The van der Waals surface area contributed by atoms with Gasteiger partial charge in [0, 0.05) is 31.5 Å². The van der Waals surface area contributed by atoms with E-state index in [-0.39, 0.29) is 6.04 Å². The molecular formula is C17H21N3OS. The molecule has 3 rings (SSSR count). The highest BCUT2D eigenvalue weighted by Gasteiger charge is 2.30. The molecule has 2 aromatic rings. The van der Waals surface area contributed by atoms with Gasteiger partial charge in [-0.2, -0.15) is 0 Å². The molecule has 2 heterocycles. The van der Waals surface area contributed by atoms with E-state index >= 15 is 0 Å². The van der Waals surface area contributed by atoms with Crippen molar-refractivity contribution >= 4 is 17.3 Å². The quantitative estimate of drug-likeness (QED) is 0.882. The molecule has 116 valence electrons. The van der Waals surface area contributed by atoms with Crippen molar-refractivity contribution in [2.75, 3.05) is 20.2 Å². The molecule has 1 aromatic heterocycles. The van der Waals surface area contributed by atoms with Gasteiger partial charge < -0.3 is 19.5 Å². The van der Waals surface area contributed by atoms with Gasteiger partial charge in [0.1, 0.15) is 5.75 Å². The van der Waals surface area contributed by atoms with Crippen LogP contribution in [0, 0.1) is 0 Å². The highest BCUT2D eigenvalue weighted by molar-refractivity contribution is 7.80. The number of benzene rings is 1. The van der Waals surface area contributed by atoms with Crippen LogP contribution in [0.15, 0.2) is 42.6 Å². The predicted octanol–water partition coefficient (Wildman–Crippen LogP) is 2.80. The SMILES string of the molecule is CCNC(=S)N1CCn2cccc2C1c1ccc(OC)cc1. The Morgan fingerprint density at radius 1 is 1.27 bits per heavy atom. The molecule has 0 amide bonds. The lowest BCUT2D eigenvalue weighted by atomic mass is 10.0. The minimum absolute atomic E-state index is 0.140. The van der Waals surface area contributed by atoms with Gasteiger partial charge in [0.25, 0.3) is 0 Å². The van der Waals surface area contributed by atoms with Crippen molar-refractivity contribution in [3.63, 3.8) is 0 Å². The second-order valence-electron chi connectivity index (χ2n) is 5.33. The average molecular weight is 315 g/mol. The van der Waals surface area contributed by atoms with Crippen molar-refractivity contribution < 1.29 is 4.74 Å². The van der Waals surface area contributed by atoms with Gasteiger partial charge in [0.15, 0.2) is 5.11 Å². The Hall–Kier alpha value is -2.01. The van der Waals surface area contributed by atoms with Crippen LogP contribution in [0.25, 0.3) is 0 Å². The topological polar surface area (TPSA) is 29.4 Å². The highest BCUT2D eigenvalue weighted by atomic mass is 32.1. The third kappa shape index (κ3) is 2.68. The second-order valence-corrected chi connectivity index (χ2v) is 5.72. The maximum absolute atomic E-state index is 5.58. The van der Waals surface area contributed by atoms with Crippen LogP contribution < -0.4 is 10.1 Å². The van der Waals surface area contributed by atoms with E-state index in [4.69, 9.17) is 17.0 Å². The first-order valence-electron chi connectivity index (χ1n) is 7.58. The number of fused-ring (bicyclic) bond motifs is 1. The molecule has 1 aliphatic heterocycles. The number of rotatable bonds is 3. The number of aromatic nitrogens is 1. The van der Waals surface area contributed by atoms with Crippen LogP contribution in [0.3, 0.4) is 0 Å². The number of hydrogen-bond acceptors (Lipinski definition) is 2. The summed E-state index contributed by atoms with van der Waals surface area (Å²) in [6.07, 6.45) is 2.14. The lowest BCUT2D eigenvalue weighted by Crippen LogP contribution is -2.47. The molecule has 4 nitrogen and oxygen atoms in total. The van der Waals surface area contributed by atoms with Crippen LogP contribution in [-0.2, 0) is 6.54 Å². The van der Waals surface area contributed by atoms with Gasteiger partial charge in [-0.1, -0.05) is 12.1 Å². The van der Waals surface area contributed by atoms with Crippen molar-refractivity contribution in [3.05, 3.63) is 53.9 Å². The zero-order valence-corrected chi connectivity index (χ0v) is 13.8. The average Bonchev–Trinajstić information content (AvgIpc) is 3.03. The normalized spacial score (nSPS) is 17.0. The van der Waals surface area contributed by atoms with Gasteiger partial charge in [-0.15, -0.1) is 0 Å². The molecule has 1 aromatic carbocycles. The molecule has 1 N–H and O–H groups in total. The van der Waals surface area contributed by atoms with E-state index in [2.05, 4.69) is 52.2 Å². The molecule has 1 atom stereocenters. The maximum atomic E-state index is 5.58. The minimum atomic E-state index is 0.140. The van der Waals surface area contributed by atoms with Crippen LogP contribution in [0.4, 0.5) is 0 Å². The molecule has 1 aliphatic rings. The summed E-state index contributed by atoms with van der Waals surface area (Å²) in [5, 5.41) is 4.10. The molecule has 0 saturated heterocycles. The van der Waals surface area contributed by atoms with Crippen LogP contribution >= 0.6 is 12.2 Å². The first-order chi connectivity index (χ1) is 10.7. The summed E-state index contributed by atoms with van der Waals surface area (Å²) in [5.41, 5.74) is 2.50. The zero-order valence-electron chi connectivity index (χ0n) is 13.0. The lowest BCUT2D eigenvalue weighted by Gasteiger charge is -2.39.